The van der Waals surface area contributed by atoms with Crippen molar-refractivity contribution in [3.63, 3.8) is 0 Å². The summed E-state index contributed by atoms with van der Waals surface area (Å²) in [5, 5.41) is 5.40. The summed E-state index contributed by atoms with van der Waals surface area (Å²) >= 11 is 0. The standard InChI is InChI=1S/C20H26N2O4/c1-16(22-20(24)15-26-18-10-6-3-7-11-18)12-13-21-19(23)14-25-17-8-4-2-5-9-17/h4,6,8-11H,1-3,5,7,12-15H2,(H,21,23)(H,22,24). The third-order valence-corrected chi connectivity index (χ3v) is 3.73. The summed E-state index contributed by atoms with van der Waals surface area (Å²) in [5.74, 6) is 0.974. The maximum absolute atomic E-state index is 11.8. The van der Waals surface area contributed by atoms with E-state index < -0.39 is 0 Å². The molecule has 0 spiro atoms. The highest BCUT2D eigenvalue weighted by atomic mass is 16.5. The van der Waals surface area contributed by atoms with Crippen molar-refractivity contribution < 1.29 is 19.1 Å². The molecule has 0 aromatic rings. The van der Waals surface area contributed by atoms with Crippen LogP contribution in [0.3, 0.4) is 0 Å². The van der Waals surface area contributed by atoms with Crippen molar-refractivity contribution in [3.8, 4) is 0 Å². The van der Waals surface area contributed by atoms with Crippen molar-refractivity contribution in [3.05, 3.63) is 60.3 Å². The third-order valence-electron chi connectivity index (χ3n) is 3.73. The van der Waals surface area contributed by atoms with Crippen molar-refractivity contribution in [1.82, 2.24) is 10.6 Å². The van der Waals surface area contributed by atoms with Crippen LogP contribution in [0.4, 0.5) is 0 Å². The minimum atomic E-state index is -0.263. The summed E-state index contributed by atoms with van der Waals surface area (Å²) in [6, 6.07) is 0. The molecule has 0 saturated carbocycles. The molecule has 2 N–H and O–H groups in total. The van der Waals surface area contributed by atoms with E-state index in [1.807, 2.05) is 36.5 Å². The highest BCUT2D eigenvalue weighted by Gasteiger charge is 2.08. The average molecular weight is 358 g/mol. The lowest BCUT2D eigenvalue weighted by Gasteiger charge is -2.12. The lowest BCUT2D eigenvalue weighted by Crippen LogP contribution is -2.31. The average Bonchev–Trinajstić information content (AvgIpc) is 2.66. The Kier molecular flexibility index (Phi) is 8.26. The molecule has 2 amide bonds. The van der Waals surface area contributed by atoms with Gasteiger partial charge in [-0.3, -0.25) is 9.59 Å². The number of allylic oxidation sites excluding steroid dienone is 6. The van der Waals surface area contributed by atoms with E-state index in [4.69, 9.17) is 9.47 Å². The highest BCUT2D eigenvalue weighted by Crippen LogP contribution is 2.11. The molecule has 0 aliphatic heterocycles. The van der Waals surface area contributed by atoms with Gasteiger partial charge in [0.2, 0.25) is 0 Å². The van der Waals surface area contributed by atoms with Crippen LogP contribution in [0.1, 0.15) is 32.1 Å². The summed E-state index contributed by atoms with van der Waals surface area (Å²) in [5.41, 5.74) is 0.533. The molecule has 0 saturated heterocycles. The molecule has 0 aromatic carbocycles. The van der Waals surface area contributed by atoms with E-state index in [2.05, 4.69) is 17.2 Å². The largest absolute Gasteiger partial charge is 0.484 e. The van der Waals surface area contributed by atoms with E-state index in [-0.39, 0.29) is 25.0 Å². The van der Waals surface area contributed by atoms with Gasteiger partial charge in [0.05, 0.1) is 0 Å². The summed E-state index contributed by atoms with van der Waals surface area (Å²) in [6.07, 6.45) is 16.0. The Labute approximate surface area is 154 Å². The summed E-state index contributed by atoms with van der Waals surface area (Å²) in [4.78, 5) is 23.5. The first-order valence-corrected chi connectivity index (χ1v) is 8.87. The van der Waals surface area contributed by atoms with E-state index >= 15 is 0 Å². The molecule has 0 bridgehead atoms. The number of nitrogens with one attached hydrogen (secondary N) is 2. The number of ether oxygens (including phenoxy) is 2. The van der Waals surface area contributed by atoms with Crippen molar-refractivity contribution in [2.75, 3.05) is 19.8 Å². The summed E-state index contributed by atoms with van der Waals surface area (Å²) in [7, 11) is 0. The lowest BCUT2D eigenvalue weighted by molar-refractivity contribution is -0.124. The number of carbonyl (C=O) groups excluding carboxylic acids is 2. The van der Waals surface area contributed by atoms with Gasteiger partial charge in [0.15, 0.2) is 13.2 Å². The van der Waals surface area contributed by atoms with Gasteiger partial charge in [-0.15, -0.1) is 0 Å². The molecular weight excluding hydrogens is 332 g/mol. The molecule has 26 heavy (non-hydrogen) atoms. The van der Waals surface area contributed by atoms with Crippen LogP contribution in [0.25, 0.3) is 0 Å². The second-order valence-corrected chi connectivity index (χ2v) is 6.00. The van der Waals surface area contributed by atoms with Gasteiger partial charge < -0.3 is 20.1 Å². The molecule has 6 heteroatoms. The predicted octanol–water partition coefficient (Wildman–Crippen LogP) is 2.62. The maximum Gasteiger partial charge on any atom is 0.262 e. The van der Waals surface area contributed by atoms with E-state index in [9.17, 15) is 9.59 Å². The Morgan fingerprint density at radius 2 is 1.50 bits per heavy atom. The van der Waals surface area contributed by atoms with Crippen LogP contribution in [-0.2, 0) is 19.1 Å². The number of hydrogen-bond donors (Lipinski definition) is 2. The van der Waals surface area contributed by atoms with Crippen LogP contribution in [0.2, 0.25) is 0 Å². The number of amides is 2. The summed E-state index contributed by atoms with van der Waals surface area (Å²) < 4.78 is 10.8. The van der Waals surface area contributed by atoms with Gasteiger partial charge in [-0.25, -0.2) is 0 Å². The SMILES string of the molecule is C=C(CCNC(=O)COC1=CCCC=C1)NC(=O)COC1=CCCC=C1. The Balaban J connectivity index is 1.53. The van der Waals surface area contributed by atoms with Crippen molar-refractivity contribution in [1.29, 1.82) is 0 Å². The van der Waals surface area contributed by atoms with Gasteiger partial charge in [0.25, 0.3) is 11.8 Å². The monoisotopic (exact) mass is 358 g/mol. The van der Waals surface area contributed by atoms with Gasteiger partial charge >= 0.3 is 0 Å². The van der Waals surface area contributed by atoms with Crippen LogP contribution >= 0.6 is 0 Å². The smallest absolute Gasteiger partial charge is 0.262 e. The van der Waals surface area contributed by atoms with E-state index in [1.165, 1.54) is 0 Å². The third kappa shape index (κ3) is 7.88. The summed E-state index contributed by atoms with van der Waals surface area (Å²) in [6.45, 7) is 4.09. The Bertz CT molecular complexity index is 644. The zero-order chi connectivity index (χ0) is 18.6. The van der Waals surface area contributed by atoms with Crippen molar-refractivity contribution in [2.45, 2.75) is 32.1 Å². The molecule has 2 aliphatic carbocycles. The molecule has 2 aliphatic rings. The van der Waals surface area contributed by atoms with E-state index in [0.29, 0.717) is 24.4 Å². The zero-order valence-electron chi connectivity index (χ0n) is 15.0. The quantitative estimate of drug-likeness (QED) is 0.629. The van der Waals surface area contributed by atoms with Crippen molar-refractivity contribution in [2.24, 2.45) is 0 Å². The maximum atomic E-state index is 11.8. The zero-order valence-corrected chi connectivity index (χ0v) is 15.0. The minimum Gasteiger partial charge on any atom is -0.484 e. The van der Waals surface area contributed by atoms with Gasteiger partial charge in [0.1, 0.15) is 11.5 Å². The Hall–Kier alpha value is -2.76. The number of carbonyl (C=O) groups is 2. The van der Waals surface area contributed by atoms with Crippen LogP contribution in [0.5, 0.6) is 0 Å². The van der Waals surface area contributed by atoms with Gasteiger partial charge in [0, 0.05) is 18.7 Å². The Morgan fingerprint density at radius 1 is 0.923 bits per heavy atom. The molecule has 2 rings (SSSR count). The Morgan fingerprint density at radius 3 is 2.04 bits per heavy atom. The first-order chi connectivity index (χ1) is 12.6. The van der Waals surface area contributed by atoms with Gasteiger partial charge in [-0.05, 0) is 50.0 Å². The van der Waals surface area contributed by atoms with Gasteiger partial charge in [-0.1, -0.05) is 18.7 Å². The second-order valence-electron chi connectivity index (χ2n) is 6.00. The topological polar surface area (TPSA) is 76.7 Å². The normalized spacial score (nSPS) is 15.5. The lowest BCUT2D eigenvalue weighted by atomic mass is 10.2. The highest BCUT2D eigenvalue weighted by molar-refractivity contribution is 5.79. The first-order valence-electron chi connectivity index (χ1n) is 8.87. The van der Waals surface area contributed by atoms with Crippen LogP contribution in [0, 0.1) is 0 Å². The molecule has 0 heterocycles. The van der Waals surface area contributed by atoms with Gasteiger partial charge in [-0.2, -0.15) is 0 Å². The molecule has 0 atom stereocenters. The van der Waals surface area contributed by atoms with Crippen molar-refractivity contribution >= 4 is 11.8 Å². The fraction of sp³-hybridized carbons (Fsp3) is 0.400. The molecule has 0 aromatic heterocycles. The molecule has 6 nitrogen and oxygen atoms in total. The minimum absolute atomic E-state index is 0.0223. The molecule has 0 radical (unpaired) electrons. The molecule has 0 unspecified atom stereocenters. The molecule has 140 valence electrons. The predicted molar refractivity (Wildman–Crippen MR) is 99.7 cm³/mol. The first kappa shape index (κ1) is 19.6. The second kappa shape index (κ2) is 11.0. The van der Waals surface area contributed by atoms with E-state index in [1.54, 1.807) is 0 Å². The fourth-order valence-electron chi connectivity index (χ4n) is 2.39. The number of rotatable bonds is 10. The van der Waals surface area contributed by atoms with E-state index in [0.717, 1.165) is 31.4 Å². The molecule has 0 fully saturated rings. The molecular formula is C20H26N2O4. The number of hydrogen-bond acceptors (Lipinski definition) is 4. The van der Waals surface area contributed by atoms with Crippen LogP contribution < -0.4 is 10.6 Å². The van der Waals surface area contributed by atoms with Crippen LogP contribution in [0.15, 0.2) is 60.3 Å². The fourth-order valence-corrected chi connectivity index (χ4v) is 2.39. The van der Waals surface area contributed by atoms with Crippen LogP contribution in [-0.4, -0.2) is 31.6 Å².